The lowest BCUT2D eigenvalue weighted by molar-refractivity contribution is -0.119. The summed E-state index contributed by atoms with van der Waals surface area (Å²) in [6.45, 7) is 5.76. The van der Waals surface area contributed by atoms with E-state index in [4.69, 9.17) is 20.2 Å². The maximum Gasteiger partial charge on any atom is 0.234 e. The number of carbonyl (C=O) groups excluding carboxylic acids is 1. The number of imidazole rings is 1. The Morgan fingerprint density at radius 1 is 1.30 bits per heavy atom. The number of carbonyl (C=O) groups is 1. The van der Waals surface area contributed by atoms with E-state index in [2.05, 4.69) is 9.88 Å². The fourth-order valence-electron chi connectivity index (χ4n) is 3.63. The molecule has 3 N–H and O–H groups in total. The van der Waals surface area contributed by atoms with Gasteiger partial charge in [-0.25, -0.2) is 4.98 Å². The Hall–Kier alpha value is -2.90. The summed E-state index contributed by atoms with van der Waals surface area (Å²) in [7, 11) is 0. The molecule has 1 saturated heterocycles. The van der Waals surface area contributed by atoms with E-state index in [0.717, 1.165) is 47.8 Å². The minimum absolute atomic E-state index is 0.163. The number of hydrogen-bond donors (Lipinski definition) is 2. The molecule has 0 aliphatic carbocycles. The summed E-state index contributed by atoms with van der Waals surface area (Å²) in [6, 6.07) is 13.5. The van der Waals surface area contributed by atoms with Crippen LogP contribution in [0.1, 0.15) is 31.2 Å². The molecule has 0 saturated carbocycles. The summed E-state index contributed by atoms with van der Waals surface area (Å²) in [4.78, 5) is 16.2. The first-order valence-corrected chi connectivity index (χ1v) is 10.4. The van der Waals surface area contributed by atoms with Crippen molar-refractivity contribution in [1.29, 1.82) is 0 Å². The van der Waals surface area contributed by atoms with E-state index in [1.165, 1.54) is 5.56 Å². The van der Waals surface area contributed by atoms with Crippen molar-refractivity contribution in [3.8, 4) is 11.5 Å². The highest BCUT2D eigenvalue weighted by Crippen LogP contribution is 2.28. The van der Waals surface area contributed by atoms with Crippen LogP contribution in [0, 0.1) is 6.92 Å². The van der Waals surface area contributed by atoms with Crippen molar-refractivity contribution >= 4 is 16.9 Å². The molecule has 1 amide bonds. The number of nitrogens with one attached hydrogen (secondary N) is 1. The van der Waals surface area contributed by atoms with E-state index in [1.54, 1.807) is 6.92 Å². The zero-order chi connectivity index (χ0) is 21.1. The number of ether oxygens (including phenoxy) is 2. The van der Waals surface area contributed by atoms with Crippen LogP contribution in [0.25, 0.3) is 11.0 Å². The SMILES string of the molecule is Cc1ccc(Oc2ccc3nc(CN[C@@H](C)C(N)=O)n(C[C@@H]4CCCO4)c3c2)cc1. The van der Waals surface area contributed by atoms with Crippen molar-refractivity contribution in [3.63, 3.8) is 0 Å². The quantitative estimate of drug-likeness (QED) is 0.597. The Labute approximate surface area is 176 Å². The van der Waals surface area contributed by atoms with Gasteiger partial charge in [-0.1, -0.05) is 17.7 Å². The fourth-order valence-corrected chi connectivity index (χ4v) is 3.63. The van der Waals surface area contributed by atoms with E-state index in [-0.39, 0.29) is 12.0 Å². The van der Waals surface area contributed by atoms with Crippen LogP contribution in [0.15, 0.2) is 42.5 Å². The maximum absolute atomic E-state index is 11.4. The minimum Gasteiger partial charge on any atom is -0.457 e. The summed E-state index contributed by atoms with van der Waals surface area (Å²) in [6.07, 6.45) is 2.27. The molecule has 2 heterocycles. The van der Waals surface area contributed by atoms with Crippen LogP contribution in [-0.2, 0) is 22.6 Å². The molecule has 158 valence electrons. The third-order valence-electron chi connectivity index (χ3n) is 5.46. The molecule has 1 aliphatic heterocycles. The van der Waals surface area contributed by atoms with Gasteiger partial charge in [0.05, 0.1) is 36.3 Å². The standard InChI is InChI=1S/C23H28N4O3/c1-15-5-7-17(8-6-15)30-18-9-10-20-21(12-18)27(14-19-4-3-11-29-19)22(26-20)13-25-16(2)23(24)28/h5-10,12,16,19,25H,3-4,11,13-14H2,1-2H3,(H2,24,28)/t16-,19-/m0/s1. The van der Waals surface area contributed by atoms with E-state index < -0.39 is 6.04 Å². The normalized spacial score (nSPS) is 17.3. The molecule has 0 bridgehead atoms. The number of nitrogens with two attached hydrogens (primary N) is 1. The van der Waals surface area contributed by atoms with Crippen LogP contribution in [0.5, 0.6) is 11.5 Å². The lowest BCUT2D eigenvalue weighted by atomic mass is 10.2. The van der Waals surface area contributed by atoms with Crippen molar-refractivity contribution in [1.82, 2.24) is 14.9 Å². The predicted molar refractivity (Wildman–Crippen MR) is 115 cm³/mol. The highest BCUT2D eigenvalue weighted by Gasteiger charge is 2.21. The zero-order valence-electron chi connectivity index (χ0n) is 17.4. The summed E-state index contributed by atoms with van der Waals surface area (Å²) < 4.78 is 14.1. The summed E-state index contributed by atoms with van der Waals surface area (Å²) in [5.74, 6) is 2.01. The number of nitrogens with zero attached hydrogens (tertiary/aromatic N) is 2. The van der Waals surface area contributed by atoms with Crippen LogP contribution in [-0.4, -0.2) is 34.2 Å². The number of rotatable bonds is 8. The number of aromatic nitrogens is 2. The van der Waals surface area contributed by atoms with Crippen LogP contribution < -0.4 is 15.8 Å². The Balaban J connectivity index is 1.63. The first kappa shape index (κ1) is 20.4. The van der Waals surface area contributed by atoms with E-state index in [1.807, 2.05) is 49.4 Å². The van der Waals surface area contributed by atoms with Crippen molar-refractivity contribution in [3.05, 3.63) is 53.9 Å². The summed E-state index contributed by atoms with van der Waals surface area (Å²) in [5.41, 5.74) is 8.44. The summed E-state index contributed by atoms with van der Waals surface area (Å²) in [5, 5.41) is 3.15. The molecule has 7 nitrogen and oxygen atoms in total. The van der Waals surface area contributed by atoms with Crippen LogP contribution in [0.2, 0.25) is 0 Å². The lowest BCUT2D eigenvalue weighted by Crippen LogP contribution is -2.38. The first-order chi connectivity index (χ1) is 14.5. The number of primary amides is 1. The molecule has 0 radical (unpaired) electrons. The van der Waals surface area contributed by atoms with Gasteiger partial charge < -0.3 is 19.8 Å². The molecule has 30 heavy (non-hydrogen) atoms. The van der Waals surface area contributed by atoms with Gasteiger partial charge in [-0.15, -0.1) is 0 Å². The van der Waals surface area contributed by atoms with Gasteiger partial charge in [0.25, 0.3) is 0 Å². The molecular weight excluding hydrogens is 380 g/mol. The third kappa shape index (κ3) is 4.63. The second-order valence-corrected chi connectivity index (χ2v) is 7.84. The first-order valence-electron chi connectivity index (χ1n) is 10.4. The second-order valence-electron chi connectivity index (χ2n) is 7.84. The zero-order valence-corrected chi connectivity index (χ0v) is 17.4. The van der Waals surface area contributed by atoms with Gasteiger partial charge >= 0.3 is 0 Å². The van der Waals surface area contributed by atoms with E-state index >= 15 is 0 Å². The Morgan fingerprint density at radius 3 is 2.77 bits per heavy atom. The average molecular weight is 409 g/mol. The summed E-state index contributed by atoms with van der Waals surface area (Å²) >= 11 is 0. The van der Waals surface area contributed by atoms with Gasteiger partial charge in [0.2, 0.25) is 5.91 Å². The average Bonchev–Trinajstić information content (AvgIpc) is 3.36. The molecule has 1 aliphatic rings. The van der Waals surface area contributed by atoms with Gasteiger partial charge in [0, 0.05) is 12.7 Å². The van der Waals surface area contributed by atoms with Gasteiger partial charge in [0.1, 0.15) is 17.3 Å². The molecular formula is C23H28N4O3. The molecule has 4 rings (SSSR count). The molecule has 3 aromatic rings. The van der Waals surface area contributed by atoms with Crippen molar-refractivity contribution in [2.75, 3.05) is 6.61 Å². The smallest absolute Gasteiger partial charge is 0.234 e. The van der Waals surface area contributed by atoms with Crippen molar-refractivity contribution in [2.45, 2.75) is 51.9 Å². The molecule has 2 atom stereocenters. The van der Waals surface area contributed by atoms with Gasteiger partial charge in [-0.2, -0.15) is 0 Å². The largest absolute Gasteiger partial charge is 0.457 e. The van der Waals surface area contributed by atoms with Crippen LogP contribution >= 0.6 is 0 Å². The number of fused-ring (bicyclic) bond motifs is 1. The van der Waals surface area contributed by atoms with Crippen LogP contribution in [0.4, 0.5) is 0 Å². The van der Waals surface area contributed by atoms with Gasteiger partial charge in [-0.05, 0) is 51.0 Å². The molecule has 1 aromatic heterocycles. The van der Waals surface area contributed by atoms with E-state index in [0.29, 0.717) is 13.1 Å². The topological polar surface area (TPSA) is 91.4 Å². The van der Waals surface area contributed by atoms with Crippen molar-refractivity contribution in [2.24, 2.45) is 5.73 Å². The Bertz CT molecular complexity index is 1020. The molecule has 2 aromatic carbocycles. The van der Waals surface area contributed by atoms with Crippen molar-refractivity contribution < 1.29 is 14.3 Å². The van der Waals surface area contributed by atoms with Gasteiger partial charge in [0.15, 0.2) is 0 Å². The fraction of sp³-hybridized carbons (Fsp3) is 0.391. The number of hydrogen-bond acceptors (Lipinski definition) is 5. The Morgan fingerprint density at radius 2 is 2.07 bits per heavy atom. The second kappa shape index (κ2) is 8.85. The number of benzene rings is 2. The molecule has 0 unspecified atom stereocenters. The molecule has 1 fully saturated rings. The minimum atomic E-state index is -0.429. The molecule has 0 spiro atoms. The number of amides is 1. The third-order valence-corrected chi connectivity index (χ3v) is 5.46. The van der Waals surface area contributed by atoms with Crippen LogP contribution in [0.3, 0.4) is 0 Å². The lowest BCUT2D eigenvalue weighted by Gasteiger charge is -2.16. The Kier molecular flexibility index (Phi) is 6.01. The number of aryl methyl sites for hydroxylation is 1. The maximum atomic E-state index is 11.4. The van der Waals surface area contributed by atoms with E-state index in [9.17, 15) is 4.79 Å². The highest BCUT2D eigenvalue weighted by molar-refractivity contribution is 5.79. The predicted octanol–water partition coefficient (Wildman–Crippen LogP) is 3.28. The molecule has 7 heteroatoms. The monoisotopic (exact) mass is 408 g/mol. The van der Waals surface area contributed by atoms with Gasteiger partial charge in [-0.3, -0.25) is 10.1 Å². The highest BCUT2D eigenvalue weighted by atomic mass is 16.5.